The first-order valence-corrected chi connectivity index (χ1v) is 10.9. The Kier molecular flexibility index (Phi) is 5.70. The molecule has 3 aromatic rings. The van der Waals surface area contributed by atoms with Crippen molar-refractivity contribution in [1.29, 1.82) is 0 Å². The van der Waals surface area contributed by atoms with E-state index in [1.54, 1.807) is 19.2 Å². The molecule has 0 bridgehead atoms. The molecule has 1 saturated heterocycles. The van der Waals surface area contributed by atoms with E-state index in [2.05, 4.69) is 15.3 Å². The number of nitrogens with one attached hydrogen (secondary N) is 1. The van der Waals surface area contributed by atoms with E-state index in [1.165, 1.54) is 27.8 Å². The van der Waals surface area contributed by atoms with E-state index < -0.39 is 12.2 Å². The average molecular weight is 467 g/mol. The number of cyclic esters (lactones) is 1. The highest BCUT2D eigenvalue weighted by atomic mass is 19.1. The van der Waals surface area contributed by atoms with Crippen molar-refractivity contribution < 1.29 is 23.5 Å². The van der Waals surface area contributed by atoms with Crippen molar-refractivity contribution in [2.45, 2.75) is 18.9 Å². The van der Waals surface area contributed by atoms with Gasteiger partial charge in [0.2, 0.25) is 5.88 Å². The summed E-state index contributed by atoms with van der Waals surface area (Å²) < 4.78 is 26.6. The molecule has 2 aliphatic heterocycles. The summed E-state index contributed by atoms with van der Waals surface area (Å²) in [5.74, 6) is 0.116. The lowest BCUT2D eigenvalue weighted by atomic mass is 10.1. The molecule has 4 heterocycles. The van der Waals surface area contributed by atoms with E-state index in [0.29, 0.717) is 48.0 Å². The minimum atomic E-state index is -0.556. The Labute approximate surface area is 193 Å². The fourth-order valence-corrected chi connectivity index (χ4v) is 4.23. The van der Waals surface area contributed by atoms with E-state index in [9.17, 15) is 18.8 Å². The number of hydrogen-bond acceptors (Lipinski definition) is 8. The van der Waals surface area contributed by atoms with Gasteiger partial charge in [0.1, 0.15) is 24.2 Å². The van der Waals surface area contributed by atoms with Crippen molar-refractivity contribution in [3.8, 4) is 5.88 Å². The van der Waals surface area contributed by atoms with E-state index >= 15 is 0 Å². The Morgan fingerprint density at radius 3 is 2.88 bits per heavy atom. The molecule has 0 radical (unpaired) electrons. The summed E-state index contributed by atoms with van der Waals surface area (Å²) in [5, 5.41) is 3.98. The van der Waals surface area contributed by atoms with Crippen LogP contribution in [0.3, 0.4) is 0 Å². The molecule has 10 nitrogen and oxygen atoms in total. The average Bonchev–Trinajstić information content (AvgIpc) is 3.20. The standard InChI is InChI=1S/C23H22FN5O5/c1-28-20(31)5-3-13-2-4-17(24)16(21(13)28)6-7-25-9-15-11-29(23(32)34-15)19-10-26-22-18(27-19)8-14(30)12-33-22/h2-5,10,15,25H,6-9,11-12H2,1H3/t15-/m0/s1. The number of amides is 1. The molecule has 1 fully saturated rings. The van der Waals surface area contributed by atoms with E-state index in [0.717, 1.165) is 5.39 Å². The highest BCUT2D eigenvalue weighted by molar-refractivity contribution is 5.89. The van der Waals surface area contributed by atoms with Crippen molar-refractivity contribution >= 4 is 28.6 Å². The smallest absolute Gasteiger partial charge is 0.416 e. The van der Waals surface area contributed by atoms with Crippen LogP contribution in [-0.4, -0.2) is 58.8 Å². The van der Waals surface area contributed by atoms with Crippen molar-refractivity contribution in [2.75, 3.05) is 31.1 Å². The Morgan fingerprint density at radius 1 is 1.21 bits per heavy atom. The number of aromatic nitrogens is 3. The molecule has 5 rings (SSSR count). The first-order valence-electron chi connectivity index (χ1n) is 10.9. The number of aryl methyl sites for hydroxylation is 1. The second kappa shape index (κ2) is 8.82. The molecular weight excluding hydrogens is 445 g/mol. The van der Waals surface area contributed by atoms with Gasteiger partial charge in [-0.25, -0.2) is 19.2 Å². The van der Waals surface area contributed by atoms with Crippen LogP contribution in [0.5, 0.6) is 5.88 Å². The molecule has 0 saturated carbocycles. The molecule has 176 valence electrons. The molecule has 2 aliphatic rings. The van der Waals surface area contributed by atoms with Gasteiger partial charge in [-0.3, -0.25) is 14.5 Å². The SMILES string of the molecule is Cn1c(=O)ccc2ccc(F)c(CCNC[C@H]3CN(c4cnc5c(n4)CC(=O)CO5)C(=O)O3)c21. The molecule has 1 N–H and O–H groups in total. The number of pyridine rings is 1. The molecule has 1 amide bonds. The third kappa shape index (κ3) is 4.10. The highest BCUT2D eigenvalue weighted by Crippen LogP contribution is 2.25. The quantitative estimate of drug-likeness (QED) is 0.537. The number of fused-ring (bicyclic) bond motifs is 2. The monoisotopic (exact) mass is 467 g/mol. The van der Waals surface area contributed by atoms with Crippen LogP contribution in [0.2, 0.25) is 0 Å². The fourth-order valence-electron chi connectivity index (χ4n) is 4.23. The van der Waals surface area contributed by atoms with Gasteiger partial charge in [-0.1, -0.05) is 0 Å². The van der Waals surface area contributed by atoms with Crippen LogP contribution in [0.1, 0.15) is 11.3 Å². The molecule has 11 heteroatoms. The number of ether oxygens (including phenoxy) is 2. The summed E-state index contributed by atoms with van der Waals surface area (Å²) in [4.78, 5) is 45.8. The summed E-state index contributed by atoms with van der Waals surface area (Å²) in [7, 11) is 1.62. The summed E-state index contributed by atoms with van der Waals surface area (Å²) in [5.41, 5.74) is 1.22. The summed E-state index contributed by atoms with van der Waals surface area (Å²) in [6.07, 6.45) is 0.888. The highest BCUT2D eigenvalue weighted by Gasteiger charge is 2.34. The number of hydrogen-bond donors (Lipinski definition) is 1. The summed E-state index contributed by atoms with van der Waals surface area (Å²) >= 11 is 0. The molecule has 0 unspecified atom stereocenters. The largest absolute Gasteiger partial charge is 0.468 e. The van der Waals surface area contributed by atoms with Gasteiger partial charge in [0.25, 0.3) is 5.56 Å². The van der Waals surface area contributed by atoms with E-state index in [1.807, 2.05) is 0 Å². The van der Waals surface area contributed by atoms with Crippen molar-refractivity contribution in [1.82, 2.24) is 19.9 Å². The van der Waals surface area contributed by atoms with Crippen LogP contribution in [-0.2, 0) is 29.4 Å². The Balaban J connectivity index is 1.21. The second-order valence-corrected chi connectivity index (χ2v) is 8.25. The van der Waals surface area contributed by atoms with Gasteiger partial charge in [0, 0.05) is 25.2 Å². The van der Waals surface area contributed by atoms with Crippen LogP contribution in [0, 0.1) is 5.82 Å². The second-order valence-electron chi connectivity index (χ2n) is 8.25. The molecule has 1 atom stereocenters. The van der Waals surface area contributed by atoms with E-state index in [-0.39, 0.29) is 36.7 Å². The first kappa shape index (κ1) is 22.0. The van der Waals surface area contributed by atoms with Crippen LogP contribution in [0.25, 0.3) is 10.9 Å². The van der Waals surface area contributed by atoms with Gasteiger partial charge in [-0.15, -0.1) is 0 Å². The maximum absolute atomic E-state index is 14.5. The maximum atomic E-state index is 14.5. The molecule has 2 aromatic heterocycles. The lowest BCUT2D eigenvalue weighted by Gasteiger charge is -2.17. The Hall–Kier alpha value is -3.86. The van der Waals surface area contributed by atoms with Crippen LogP contribution < -0.4 is 20.5 Å². The number of anilines is 1. The third-order valence-corrected chi connectivity index (χ3v) is 5.93. The van der Waals surface area contributed by atoms with Gasteiger partial charge in [-0.2, -0.15) is 0 Å². The van der Waals surface area contributed by atoms with Crippen molar-refractivity contribution in [2.24, 2.45) is 7.05 Å². The fraction of sp³-hybridized carbons (Fsp3) is 0.348. The maximum Gasteiger partial charge on any atom is 0.416 e. The van der Waals surface area contributed by atoms with Gasteiger partial charge >= 0.3 is 6.09 Å². The number of carbonyl (C=O) groups excluding carboxylic acids is 2. The zero-order chi connectivity index (χ0) is 23.8. The molecule has 0 aliphatic carbocycles. The summed E-state index contributed by atoms with van der Waals surface area (Å²) in [6.45, 7) is 1.00. The van der Waals surface area contributed by atoms with Gasteiger partial charge in [0.15, 0.2) is 11.6 Å². The number of halogens is 1. The number of nitrogens with zero attached hydrogens (tertiary/aromatic N) is 4. The molecule has 1 aromatic carbocycles. The van der Waals surface area contributed by atoms with Gasteiger partial charge in [0.05, 0.1) is 24.7 Å². The number of carbonyl (C=O) groups is 2. The Bertz CT molecular complexity index is 1360. The zero-order valence-corrected chi connectivity index (χ0v) is 18.4. The number of benzene rings is 1. The van der Waals surface area contributed by atoms with Gasteiger partial charge < -0.3 is 19.4 Å². The first-order chi connectivity index (χ1) is 16.4. The molecule has 0 spiro atoms. The van der Waals surface area contributed by atoms with Gasteiger partial charge in [-0.05, 0) is 36.6 Å². The number of ketones is 1. The normalized spacial score (nSPS) is 17.6. The number of Topliss-reactive ketones (excluding diaryl/α,β-unsaturated/α-hetero) is 1. The topological polar surface area (TPSA) is 116 Å². The predicted molar refractivity (Wildman–Crippen MR) is 120 cm³/mol. The summed E-state index contributed by atoms with van der Waals surface area (Å²) in [6, 6.07) is 6.20. The minimum absolute atomic E-state index is 0.0283. The molecular formula is C23H22FN5O5. The van der Waals surface area contributed by atoms with Crippen LogP contribution in [0.4, 0.5) is 15.0 Å². The number of rotatable bonds is 6. The van der Waals surface area contributed by atoms with Crippen LogP contribution >= 0.6 is 0 Å². The minimum Gasteiger partial charge on any atom is -0.468 e. The Morgan fingerprint density at radius 2 is 2.03 bits per heavy atom. The lowest BCUT2D eigenvalue weighted by Crippen LogP contribution is -2.32. The molecule has 34 heavy (non-hydrogen) atoms. The van der Waals surface area contributed by atoms with Crippen LogP contribution in [0.15, 0.2) is 35.3 Å². The zero-order valence-electron chi connectivity index (χ0n) is 18.4. The van der Waals surface area contributed by atoms with Crippen molar-refractivity contribution in [3.05, 3.63) is 57.9 Å². The van der Waals surface area contributed by atoms with Crippen molar-refractivity contribution in [3.63, 3.8) is 0 Å². The predicted octanol–water partition coefficient (Wildman–Crippen LogP) is 1.13. The third-order valence-electron chi connectivity index (χ3n) is 5.93. The van der Waals surface area contributed by atoms with E-state index in [4.69, 9.17) is 9.47 Å². The lowest BCUT2D eigenvalue weighted by molar-refractivity contribution is -0.121.